The Morgan fingerprint density at radius 2 is 2.05 bits per heavy atom. The van der Waals surface area contributed by atoms with Gasteiger partial charge in [-0.05, 0) is 24.3 Å². The standard InChI is InChI=1S/C14H14N4O/c1-15-11-7-6-8-12-9(14(19)16-2)4-3-5-10(12)17-13(8)18-11/h3-7H,1-2H3,(H,16,19)(H2,15,17,18). The molecule has 3 aromatic rings. The molecule has 0 bridgehead atoms. The third-order valence-electron chi connectivity index (χ3n) is 3.21. The van der Waals surface area contributed by atoms with Crippen molar-refractivity contribution < 1.29 is 4.79 Å². The zero-order valence-corrected chi connectivity index (χ0v) is 10.7. The van der Waals surface area contributed by atoms with Gasteiger partial charge in [0.2, 0.25) is 0 Å². The molecule has 1 amide bonds. The molecule has 0 aliphatic rings. The number of carbonyl (C=O) groups is 1. The number of hydrogen-bond acceptors (Lipinski definition) is 3. The van der Waals surface area contributed by atoms with Crippen LogP contribution in [-0.2, 0) is 0 Å². The Morgan fingerprint density at radius 1 is 1.21 bits per heavy atom. The summed E-state index contributed by atoms with van der Waals surface area (Å²) in [6.07, 6.45) is 0. The van der Waals surface area contributed by atoms with E-state index in [1.165, 1.54) is 0 Å². The molecule has 0 spiro atoms. The van der Waals surface area contributed by atoms with Crippen LogP contribution in [0.3, 0.4) is 0 Å². The highest BCUT2D eigenvalue weighted by molar-refractivity contribution is 6.17. The number of aromatic amines is 1. The van der Waals surface area contributed by atoms with Gasteiger partial charge in [-0.25, -0.2) is 4.98 Å². The molecule has 96 valence electrons. The maximum atomic E-state index is 11.9. The summed E-state index contributed by atoms with van der Waals surface area (Å²) in [6.45, 7) is 0. The number of anilines is 1. The number of benzene rings is 1. The number of carbonyl (C=O) groups excluding carboxylic acids is 1. The van der Waals surface area contributed by atoms with E-state index in [-0.39, 0.29) is 5.91 Å². The van der Waals surface area contributed by atoms with E-state index in [0.717, 1.165) is 27.8 Å². The molecular formula is C14H14N4O. The first-order chi connectivity index (χ1) is 9.24. The number of nitrogens with zero attached hydrogens (tertiary/aromatic N) is 1. The monoisotopic (exact) mass is 254 g/mol. The predicted octanol–water partition coefficient (Wildman–Crippen LogP) is 2.12. The molecule has 2 heterocycles. The van der Waals surface area contributed by atoms with Crippen LogP contribution in [0.1, 0.15) is 10.4 Å². The molecule has 5 heteroatoms. The molecule has 1 aromatic carbocycles. The quantitative estimate of drug-likeness (QED) is 0.656. The van der Waals surface area contributed by atoms with E-state index >= 15 is 0 Å². The molecule has 0 aliphatic carbocycles. The van der Waals surface area contributed by atoms with Gasteiger partial charge in [0.05, 0.1) is 0 Å². The van der Waals surface area contributed by atoms with Crippen molar-refractivity contribution in [3.05, 3.63) is 35.9 Å². The van der Waals surface area contributed by atoms with Gasteiger partial charge < -0.3 is 15.6 Å². The summed E-state index contributed by atoms with van der Waals surface area (Å²) in [6, 6.07) is 9.50. The molecule has 3 rings (SSSR count). The fraction of sp³-hybridized carbons (Fsp3) is 0.143. The van der Waals surface area contributed by atoms with Crippen LogP contribution in [0.4, 0.5) is 5.82 Å². The van der Waals surface area contributed by atoms with E-state index in [1.54, 1.807) is 7.05 Å². The number of aromatic nitrogens is 2. The maximum Gasteiger partial charge on any atom is 0.251 e. The van der Waals surface area contributed by atoms with E-state index < -0.39 is 0 Å². The molecule has 19 heavy (non-hydrogen) atoms. The second kappa shape index (κ2) is 4.28. The van der Waals surface area contributed by atoms with Gasteiger partial charge >= 0.3 is 0 Å². The molecule has 0 unspecified atom stereocenters. The van der Waals surface area contributed by atoms with Crippen molar-refractivity contribution >= 4 is 33.7 Å². The normalized spacial score (nSPS) is 10.8. The lowest BCUT2D eigenvalue weighted by Gasteiger charge is -2.02. The lowest BCUT2D eigenvalue weighted by molar-refractivity contribution is 0.0965. The Balaban J connectivity index is 2.38. The zero-order chi connectivity index (χ0) is 13.4. The minimum atomic E-state index is -0.0933. The lowest BCUT2D eigenvalue weighted by Crippen LogP contribution is -2.17. The van der Waals surface area contributed by atoms with Gasteiger partial charge in [-0.3, -0.25) is 4.79 Å². The molecule has 0 fully saturated rings. The molecule has 0 saturated heterocycles. The highest BCUT2D eigenvalue weighted by Crippen LogP contribution is 2.28. The highest BCUT2D eigenvalue weighted by Gasteiger charge is 2.13. The number of hydrogen-bond donors (Lipinski definition) is 3. The number of H-pyrrole nitrogens is 1. The second-order valence-corrected chi connectivity index (χ2v) is 4.27. The summed E-state index contributed by atoms with van der Waals surface area (Å²) in [5, 5.41) is 7.53. The van der Waals surface area contributed by atoms with Crippen LogP contribution in [0.15, 0.2) is 30.3 Å². The fourth-order valence-corrected chi connectivity index (χ4v) is 2.29. The predicted molar refractivity (Wildman–Crippen MR) is 76.5 cm³/mol. The Hall–Kier alpha value is -2.56. The maximum absolute atomic E-state index is 11.9. The summed E-state index contributed by atoms with van der Waals surface area (Å²) < 4.78 is 0. The molecular weight excluding hydrogens is 240 g/mol. The SMILES string of the molecule is CNC(=O)c1cccc2[nH]c3nc(NC)ccc3c12. The van der Waals surface area contributed by atoms with Gasteiger partial charge in [0.25, 0.3) is 5.91 Å². The van der Waals surface area contributed by atoms with Gasteiger partial charge in [0, 0.05) is 35.9 Å². The number of fused-ring (bicyclic) bond motifs is 3. The van der Waals surface area contributed by atoms with Crippen LogP contribution in [0.2, 0.25) is 0 Å². The van der Waals surface area contributed by atoms with Crippen LogP contribution in [0.25, 0.3) is 21.9 Å². The summed E-state index contributed by atoms with van der Waals surface area (Å²) >= 11 is 0. The number of nitrogens with one attached hydrogen (secondary N) is 3. The van der Waals surface area contributed by atoms with Gasteiger partial charge in [-0.2, -0.15) is 0 Å². The Morgan fingerprint density at radius 3 is 2.79 bits per heavy atom. The fourth-order valence-electron chi connectivity index (χ4n) is 2.29. The number of rotatable bonds is 2. The third kappa shape index (κ3) is 1.71. The van der Waals surface area contributed by atoms with Crippen molar-refractivity contribution in [1.29, 1.82) is 0 Å². The van der Waals surface area contributed by atoms with Crippen LogP contribution in [0.5, 0.6) is 0 Å². The molecule has 2 aromatic heterocycles. The molecule has 0 atom stereocenters. The van der Waals surface area contributed by atoms with Crippen LogP contribution < -0.4 is 10.6 Å². The first-order valence-electron chi connectivity index (χ1n) is 6.06. The smallest absolute Gasteiger partial charge is 0.251 e. The molecule has 3 N–H and O–H groups in total. The minimum Gasteiger partial charge on any atom is -0.373 e. The van der Waals surface area contributed by atoms with Crippen LogP contribution in [0, 0.1) is 0 Å². The Kier molecular flexibility index (Phi) is 2.59. The van der Waals surface area contributed by atoms with Gasteiger partial charge in [0.15, 0.2) is 0 Å². The van der Waals surface area contributed by atoms with Crippen molar-refractivity contribution in [1.82, 2.24) is 15.3 Å². The first kappa shape index (κ1) is 11.5. The van der Waals surface area contributed by atoms with Crippen LogP contribution >= 0.6 is 0 Å². The molecule has 0 saturated carbocycles. The Labute approximate surface area is 110 Å². The summed E-state index contributed by atoms with van der Waals surface area (Å²) in [5.74, 6) is 0.699. The largest absolute Gasteiger partial charge is 0.373 e. The van der Waals surface area contributed by atoms with Crippen molar-refractivity contribution in [2.75, 3.05) is 19.4 Å². The molecule has 5 nitrogen and oxygen atoms in total. The number of amides is 1. The third-order valence-corrected chi connectivity index (χ3v) is 3.21. The van der Waals surface area contributed by atoms with Crippen molar-refractivity contribution in [3.8, 4) is 0 Å². The van der Waals surface area contributed by atoms with E-state index in [9.17, 15) is 4.79 Å². The highest BCUT2D eigenvalue weighted by atomic mass is 16.1. The van der Waals surface area contributed by atoms with Gasteiger partial charge in [0.1, 0.15) is 11.5 Å². The van der Waals surface area contributed by atoms with Gasteiger partial charge in [-0.1, -0.05) is 6.07 Å². The Bertz CT molecular complexity index is 776. The average Bonchev–Trinajstić information content (AvgIpc) is 2.83. The van der Waals surface area contributed by atoms with Crippen molar-refractivity contribution in [2.24, 2.45) is 0 Å². The van der Waals surface area contributed by atoms with E-state index in [2.05, 4.69) is 20.6 Å². The van der Waals surface area contributed by atoms with Crippen molar-refractivity contribution in [2.45, 2.75) is 0 Å². The summed E-state index contributed by atoms with van der Waals surface area (Å²) in [5.41, 5.74) is 2.35. The minimum absolute atomic E-state index is 0.0933. The molecule has 0 radical (unpaired) electrons. The van der Waals surface area contributed by atoms with E-state index in [0.29, 0.717) is 5.56 Å². The average molecular weight is 254 g/mol. The van der Waals surface area contributed by atoms with Gasteiger partial charge in [-0.15, -0.1) is 0 Å². The molecule has 0 aliphatic heterocycles. The topological polar surface area (TPSA) is 69.8 Å². The number of pyridine rings is 1. The van der Waals surface area contributed by atoms with E-state index in [4.69, 9.17) is 0 Å². The summed E-state index contributed by atoms with van der Waals surface area (Å²) in [4.78, 5) is 19.6. The van der Waals surface area contributed by atoms with E-state index in [1.807, 2.05) is 37.4 Å². The first-order valence-corrected chi connectivity index (χ1v) is 6.06. The lowest BCUT2D eigenvalue weighted by atomic mass is 10.1. The second-order valence-electron chi connectivity index (χ2n) is 4.27. The van der Waals surface area contributed by atoms with Crippen molar-refractivity contribution in [3.63, 3.8) is 0 Å². The summed E-state index contributed by atoms with van der Waals surface area (Å²) in [7, 11) is 3.46. The zero-order valence-electron chi connectivity index (χ0n) is 10.7. The van der Waals surface area contributed by atoms with Crippen LogP contribution in [-0.4, -0.2) is 30.0 Å².